The molecule has 1 fully saturated rings. The summed E-state index contributed by atoms with van der Waals surface area (Å²) >= 11 is 0. The Kier molecular flexibility index (Phi) is 6.26. The Bertz CT molecular complexity index is 331. The van der Waals surface area contributed by atoms with Crippen molar-refractivity contribution in [2.75, 3.05) is 26.2 Å². The molecule has 116 valence electrons. The molecule has 2 amide bonds. The van der Waals surface area contributed by atoms with Gasteiger partial charge in [-0.2, -0.15) is 0 Å². The lowest BCUT2D eigenvalue weighted by atomic mass is 10.1. The van der Waals surface area contributed by atoms with Crippen LogP contribution < -0.4 is 10.6 Å². The summed E-state index contributed by atoms with van der Waals surface area (Å²) in [6.45, 7) is 9.87. The van der Waals surface area contributed by atoms with E-state index in [0.717, 1.165) is 12.8 Å². The molecule has 6 nitrogen and oxygen atoms in total. The zero-order valence-corrected chi connectivity index (χ0v) is 13.0. The van der Waals surface area contributed by atoms with Gasteiger partial charge in [0.25, 0.3) is 0 Å². The fourth-order valence-corrected chi connectivity index (χ4v) is 2.05. The molecule has 0 spiro atoms. The summed E-state index contributed by atoms with van der Waals surface area (Å²) < 4.78 is 4.96. The first-order valence-corrected chi connectivity index (χ1v) is 7.28. The van der Waals surface area contributed by atoms with Crippen molar-refractivity contribution in [2.24, 2.45) is 0 Å². The fourth-order valence-electron chi connectivity index (χ4n) is 2.05. The van der Waals surface area contributed by atoms with Gasteiger partial charge in [-0.05, 0) is 40.5 Å². The molecule has 0 atom stereocenters. The predicted molar refractivity (Wildman–Crippen MR) is 77.5 cm³/mol. The van der Waals surface area contributed by atoms with Crippen LogP contribution in [-0.4, -0.2) is 54.7 Å². The zero-order chi connectivity index (χ0) is 15.2. The number of hydrogen-bond donors (Lipinski definition) is 2. The first-order valence-electron chi connectivity index (χ1n) is 7.28. The van der Waals surface area contributed by atoms with E-state index in [0.29, 0.717) is 26.2 Å². The van der Waals surface area contributed by atoms with Crippen molar-refractivity contribution in [3.8, 4) is 0 Å². The SMILES string of the molecule is CCOC(=O)N1CCC(NC(=O)CNC(C)(C)C)CC1. The number of hydrogen-bond acceptors (Lipinski definition) is 4. The third kappa shape index (κ3) is 6.23. The molecule has 1 aliphatic heterocycles. The van der Waals surface area contributed by atoms with Crippen molar-refractivity contribution < 1.29 is 14.3 Å². The van der Waals surface area contributed by atoms with Crippen LogP contribution in [0.3, 0.4) is 0 Å². The van der Waals surface area contributed by atoms with E-state index in [-0.39, 0.29) is 23.6 Å². The summed E-state index contributed by atoms with van der Waals surface area (Å²) in [5, 5.41) is 6.16. The van der Waals surface area contributed by atoms with E-state index < -0.39 is 0 Å². The molecule has 1 aliphatic rings. The Morgan fingerprint density at radius 1 is 1.25 bits per heavy atom. The van der Waals surface area contributed by atoms with Crippen LogP contribution in [0.4, 0.5) is 4.79 Å². The fraction of sp³-hybridized carbons (Fsp3) is 0.857. The van der Waals surface area contributed by atoms with Gasteiger partial charge in [-0.1, -0.05) is 0 Å². The topological polar surface area (TPSA) is 70.7 Å². The van der Waals surface area contributed by atoms with Gasteiger partial charge in [0.1, 0.15) is 0 Å². The van der Waals surface area contributed by atoms with Crippen LogP contribution in [0.25, 0.3) is 0 Å². The molecule has 20 heavy (non-hydrogen) atoms. The number of carbonyl (C=O) groups excluding carboxylic acids is 2. The molecule has 2 N–H and O–H groups in total. The molecule has 1 saturated heterocycles. The highest BCUT2D eigenvalue weighted by Crippen LogP contribution is 2.11. The number of ether oxygens (including phenoxy) is 1. The van der Waals surface area contributed by atoms with Crippen molar-refractivity contribution in [1.29, 1.82) is 0 Å². The number of likely N-dealkylation sites (tertiary alicyclic amines) is 1. The highest BCUT2D eigenvalue weighted by molar-refractivity contribution is 5.78. The monoisotopic (exact) mass is 285 g/mol. The molecule has 0 aliphatic carbocycles. The molecule has 0 bridgehead atoms. The van der Waals surface area contributed by atoms with Crippen molar-refractivity contribution >= 4 is 12.0 Å². The minimum absolute atomic E-state index is 0.00881. The summed E-state index contributed by atoms with van der Waals surface area (Å²) in [5.74, 6) is 0.00881. The molecule has 0 saturated carbocycles. The van der Waals surface area contributed by atoms with Crippen LogP contribution in [0, 0.1) is 0 Å². The molecule has 1 heterocycles. The second-order valence-electron chi connectivity index (χ2n) is 6.13. The average Bonchev–Trinajstić information content (AvgIpc) is 2.37. The highest BCUT2D eigenvalue weighted by atomic mass is 16.6. The van der Waals surface area contributed by atoms with Crippen molar-refractivity contribution in [2.45, 2.75) is 52.1 Å². The van der Waals surface area contributed by atoms with Gasteiger partial charge in [-0.3, -0.25) is 4.79 Å². The van der Waals surface area contributed by atoms with Crippen molar-refractivity contribution in [3.63, 3.8) is 0 Å². The van der Waals surface area contributed by atoms with E-state index in [1.54, 1.807) is 11.8 Å². The second-order valence-corrected chi connectivity index (χ2v) is 6.13. The van der Waals surface area contributed by atoms with Gasteiger partial charge in [0.15, 0.2) is 0 Å². The normalized spacial score (nSPS) is 16.9. The Morgan fingerprint density at radius 2 is 1.85 bits per heavy atom. The van der Waals surface area contributed by atoms with E-state index in [1.807, 2.05) is 20.8 Å². The van der Waals surface area contributed by atoms with E-state index in [9.17, 15) is 9.59 Å². The molecule has 0 aromatic carbocycles. The maximum atomic E-state index is 11.8. The lowest BCUT2D eigenvalue weighted by Gasteiger charge is -2.32. The molecule has 0 aromatic heterocycles. The summed E-state index contributed by atoms with van der Waals surface area (Å²) in [5.41, 5.74) is -0.0649. The lowest BCUT2D eigenvalue weighted by Crippen LogP contribution is -2.50. The van der Waals surface area contributed by atoms with Crippen LogP contribution in [0.2, 0.25) is 0 Å². The second kappa shape index (κ2) is 7.47. The van der Waals surface area contributed by atoms with Crippen molar-refractivity contribution in [3.05, 3.63) is 0 Å². The Labute approximate surface area is 121 Å². The molecule has 0 radical (unpaired) electrons. The van der Waals surface area contributed by atoms with Crippen LogP contribution >= 0.6 is 0 Å². The molecular weight excluding hydrogens is 258 g/mol. The number of carbonyl (C=O) groups is 2. The van der Waals surface area contributed by atoms with Crippen molar-refractivity contribution in [1.82, 2.24) is 15.5 Å². The minimum Gasteiger partial charge on any atom is -0.450 e. The zero-order valence-electron chi connectivity index (χ0n) is 13.0. The molecule has 1 rings (SSSR count). The first-order chi connectivity index (χ1) is 9.31. The Hall–Kier alpha value is -1.30. The number of amides is 2. The summed E-state index contributed by atoms with van der Waals surface area (Å²) in [7, 11) is 0. The van der Waals surface area contributed by atoms with Crippen LogP contribution in [0.1, 0.15) is 40.5 Å². The smallest absolute Gasteiger partial charge is 0.409 e. The molecule has 6 heteroatoms. The number of rotatable bonds is 4. The quantitative estimate of drug-likeness (QED) is 0.812. The van der Waals surface area contributed by atoms with Gasteiger partial charge in [-0.25, -0.2) is 4.79 Å². The largest absolute Gasteiger partial charge is 0.450 e. The highest BCUT2D eigenvalue weighted by Gasteiger charge is 2.24. The van der Waals surface area contributed by atoms with E-state index >= 15 is 0 Å². The first kappa shape index (κ1) is 16.8. The van der Waals surface area contributed by atoms with Gasteiger partial charge in [0.05, 0.1) is 13.2 Å². The Balaban J connectivity index is 2.25. The maximum absolute atomic E-state index is 11.8. The predicted octanol–water partition coefficient (Wildman–Crippen LogP) is 1.11. The van der Waals surface area contributed by atoms with Gasteiger partial charge >= 0.3 is 6.09 Å². The minimum atomic E-state index is -0.258. The third-order valence-electron chi connectivity index (χ3n) is 3.17. The lowest BCUT2D eigenvalue weighted by molar-refractivity contribution is -0.121. The van der Waals surface area contributed by atoms with Crippen LogP contribution in [-0.2, 0) is 9.53 Å². The van der Waals surface area contributed by atoms with Gasteiger partial charge in [0, 0.05) is 24.7 Å². The van der Waals surface area contributed by atoms with Crippen LogP contribution in [0.15, 0.2) is 0 Å². The maximum Gasteiger partial charge on any atom is 0.409 e. The number of nitrogens with zero attached hydrogens (tertiary/aromatic N) is 1. The third-order valence-corrected chi connectivity index (χ3v) is 3.17. The van der Waals surface area contributed by atoms with E-state index in [1.165, 1.54) is 0 Å². The van der Waals surface area contributed by atoms with Gasteiger partial charge in [0.2, 0.25) is 5.91 Å². The van der Waals surface area contributed by atoms with E-state index in [4.69, 9.17) is 4.74 Å². The average molecular weight is 285 g/mol. The summed E-state index contributed by atoms with van der Waals surface area (Å²) in [6, 6.07) is 0.148. The Morgan fingerprint density at radius 3 is 2.35 bits per heavy atom. The number of nitrogens with one attached hydrogen (secondary N) is 2. The van der Waals surface area contributed by atoms with Gasteiger partial charge < -0.3 is 20.3 Å². The van der Waals surface area contributed by atoms with Gasteiger partial charge in [-0.15, -0.1) is 0 Å². The van der Waals surface area contributed by atoms with E-state index in [2.05, 4.69) is 10.6 Å². The molecule has 0 aromatic rings. The molecule has 0 unspecified atom stereocenters. The number of piperidine rings is 1. The summed E-state index contributed by atoms with van der Waals surface area (Å²) in [4.78, 5) is 25.0. The van der Waals surface area contributed by atoms with Crippen LogP contribution in [0.5, 0.6) is 0 Å². The summed E-state index contributed by atoms with van der Waals surface area (Å²) in [6.07, 6.45) is 1.30. The molecular formula is C14H27N3O3. The standard InChI is InChI=1S/C14H27N3O3/c1-5-20-13(19)17-8-6-11(7-9-17)16-12(18)10-15-14(2,3)4/h11,15H,5-10H2,1-4H3,(H,16,18).